The molecule has 8 nitrogen and oxygen atoms in total. The predicted octanol–water partition coefficient (Wildman–Crippen LogP) is 7.50. The Bertz CT molecular complexity index is 1590. The molecule has 3 N–H and O–H groups in total. The summed E-state index contributed by atoms with van der Waals surface area (Å²) in [5.74, 6) is -6.61. The summed E-state index contributed by atoms with van der Waals surface area (Å²) in [4.78, 5) is 26.0. The number of nitrogens with one attached hydrogen (secondary N) is 1. The van der Waals surface area contributed by atoms with E-state index in [4.69, 9.17) is 16.3 Å². The van der Waals surface area contributed by atoms with Crippen LogP contribution in [0.2, 0.25) is 5.02 Å². The lowest BCUT2D eigenvalue weighted by atomic mass is 9.50. The highest BCUT2D eigenvalue weighted by atomic mass is 35.5. The van der Waals surface area contributed by atoms with Crippen molar-refractivity contribution in [1.82, 2.24) is 15.1 Å². The van der Waals surface area contributed by atoms with E-state index in [2.05, 4.69) is 10.4 Å². The summed E-state index contributed by atoms with van der Waals surface area (Å²) in [6, 6.07) is 9.86. The van der Waals surface area contributed by atoms with Crippen molar-refractivity contribution < 1.29 is 46.5 Å². The molecule has 0 amide bonds. The molecule has 2 heterocycles. The highest BCUT2D eigenvalue weighted by molar-refractivity contribution is 6.31. The molecule has 3 aromatic rings. The number of ether oxygens (including phenoxy) is 1. The Hall–Kier alpha value is -3.71. The van der Waals surface area contributed by atoms with E-state index in [1.165, 1.54) is 6.92 Å². The van der Waals surface area contributed by atoms with Crippen molar-refractivity contribution in [2.75, 3.05) is 13.3 Å². The number of nitrogens with zero attached hydrogens (tertiary/aromatic N) is 2. The lowest BCUT2D eigenvalue weighted by molar-refractivity contribution is -0.174. The maximum absolute atomic E-state index is 15.6. The summed E-state index contributed by atoms with van der Waals surface area (Å²) in [6.45, 7) is 1.23. The van der Waals surface area contributed by atoms with Crippen molar-refractivity contribution in [3.63, 3.8) is 0 Å². The van der Waals surface area contributed by atoms with E-state index < -0.39 is 75.6 Å². The van der Waals surface area contributed by atoms with Gasteiger partial charge in [-0.1, -0.05) is 61.2 Å². The zero-order valence-electron chi connectivity index (χ0n) is 26.1. The van der Waals surface area contributed by atoms with Crippen molar-refractivity contribution in [2.24, 2.45) is 17.9 Å². The Morgan fingerprint density at radius 2 is 1.72 bits per heavy atom. The van der Waals surface area contributed by atoms with Gasteiger partial charge in [-0.25, -0.2) is 8.78 Å². The van der Waals surface area contributed by atoms with Crippen LogP contribution in [-0.4, -0.2) is 57.3 Å². The maximum atomic E-state index is 15.6. The van der Waals surface area contributed by atoms with Crippen LogP contribution in [0.5, 0.6) is 5.88 Å². The largest absolute Gasteiger partial charge is 0.481 e. The van der Waals surface area contributed by atoms with Crippen LogP contribution in [0.4, 0.5) is 22.0 Å². The molecular weight excluding hydrogens is 649 g/mol. The van der Waals surface area contributed by atoms with Gasteiger partial charge in [0.15, 0.2) is 0 Å². The third-order valence-electron chi connectivity index (χ3n) is 9.45. The number of unbranched alkanes of at least 4 members (excludes halogenated alkanes) is 3. The van der Waals surface area contributed by atoms with Crippen LogP contribution in [0.15, 0.2) is 48.5 Å². The van der Waals surface area contributed by atoms with Crippen LogP contribution in [-0.2, 0) is 22.8 Å². The zero-order chi connectivity index (χ0) is 34.7. The van der Waals surface area contributed by atoms with Gasteiger partial charge in [-0.2, -0.15) is 13.2 Å². The normalized spacial score (nSPS) is 24.7. The predicted molar refractivity (Wildman–Crippen MR) is 165 cm³/mol. The molecule has 256 valence electrons. The van der Waals surface area contributed by atoms with Gasteiger partial charge in [0.25, 0.3) is 0 Å². The van der Waals surface area contributed by atoms with E-state index in [-0.39, 0.29) is 19.4 Å². The lowest BCUT2D eigenvalue weighted by Crippen LogP contribution is -2.70. The number of carboxylic acids is 2. The van der Waals surface area contributed by atoms with Gasteiger partial charge in [-0.3, -0.25) is 14.3 Å². The fourth-order valence-corrected chi connectivity index (χ4v) is 7.27. The SMILES string of the molecule is CC1NC(CF)C(C)(C(=O)O)C(c2c(F)ccc(Cl)c2C(F)(F)F)C1(CCCCCCOc1cc(-c2ccccc2)n(C)n1)C(=O)O. The van der Waals surface area contributed by atoms with Gasteiger partial charge in [0, 0.05) is 30.6 Å². The Balaban J connectivity index is 1.58. The number of aliphatic carboxylic acids is 2. The van der Waals surface area contributed by atoms with Crippen LogP contribution >= 0.6 is 11.6 Å². The van der Waals surface area contributed by atoms with Crippen LogP contribution < -0.4 is 10.1 Å². The topological polar surface area (TPSA) is 114 Å². The molecule has 0 bridgehead atoms. The highest BCUT2D eigenvalue weighted by Crippen LogP contribution is 2.60. The van der Waals surface area contributed by atoms with Crippen LogP contribution in [0.3, 0.4) is 0 Å². The summed E-state index contributed by atoms with van der Waals surface area (Å²) in [6.07, 6.45) is -4.00. The maximum Gasteiger partial charge on any atom is 0.418 e. The molecule has 4 rings (SSSR count). The van der Waals surface area contributed by atoms with E-state index in [9.17, 15) is 37.4 Å². The van der Waals surface area contributed by atoms with E-state index in [0.717, 1.165) is 18.2 Å². The molecule has 0 spiro atoms. The number of aromatic nitrogens is 2. The van der Waals surface area contributed by atoms with E-state index in [1.54, 1.807) is 17.8 Å². The molecule has 5 atom stereocenters. The molecule has 1 aliphatic heterocycles. The number of carbonyl (C=O) groups is 2. The highest BCUT2D eigenvalue weighted by Gasteiger charge is 2.67. The molecule has 14 heteroatoms. The van der Waals surface area contributed by atoms with Gasteiger partial charge in [0.2, 0.25) is 5.88 Å². The number of halogens is 6. The summed E-state index contributed by atoms with van der Waals surface area (Å²) < 4.78 is 80.8. The Kier molecular flexibility index (Phi) is 10.9. The summed E-state index contributed by atoms with van der Waals surface area (Å²) in [5.41, 5.74) is -5.84. The number of hydrogen-bond acceptors (Lipinski definition) is 5. The van der Waals surface area contributed by atoms with Crippen LogP contribution in [0.25, 0.3) is 11.3 Å². The van der Waals surface area contributed by atoms with Crippen molar-refractivity contribution in [3.8, 4) is 17.1 Å². The van der Waals surface area contributed by atoms with Crippen LogP contribution in [0.1, 0.15) is 63.0 Å². The Labute approximate surface area is 273 Å². The first kappa shape index (κ1) is 36.1. The Morgan fingerprint density at radius 1 is 1.06 bits per heavy atom. The van der Waals surface area contributed by atoms with Crippen LogP contribution in [0, 0.1) is 16.6 Å². The fourth-order valence-electron chi connectivity index (χ4n) is 7.00. The second-order valence-corrected chi connectivity index (χ2v) is 12.6. The monoisotopic (exact) mass is 685 g/mol. The summed E-state index contributed by atoms with van der Waals surface area (Å²) >= 11 is 5.93. The number of carboxylic acid groups (broad SMARTS) is 2. The van der Waals surface area contributed by atoms with Gasteiger partial charge < -0.3 is 20.3 Å². The number of hydrogen-bond donors (Lipinski definition) is 3. The number of benzene rings is 2. The van der Waals surface area contributed by atoms with E-state index >= 15 is 4.39 Å². The number of aryl methyl sites for hydroxylation is 1. The Morgan fingerprint density at radius 3 is 2.32 bits per heavy atom. The minimum atomic E-state index is -5.27. The van der Waals surface area contributed by atoms with Crippen molar-refractivity contribution in [2.45, 2.75) is 70.1 Å². The molecule has 47 heavy (non-hydrogen) atoms. The lowest BCUT2D eigenvalue weighted by Gasteiger charge is -2.56. The van der Waals surface area contributed by atoms with Gasteiger partial charge >= 0.3 is 18.1 Å². The molecule has 0 saturated carbocycles. The molecule has 1 fully saturated rings. The van der Waals surface area contributed by atoms with E-state index in [0.29, 0.717) is 37.3 Å². The van der Waals surface area contributed by atoms with Crippen molar-refractivity contribution in [3.05, 3.63) is 70.5 Å². The molecule has 1 aromatic heterocycles. The third-order valence-corrected chi connectivity index (χ3v) is 9.77. The molecule has 2 aromatic carbocycles. The van der Waals surface area contributed by atoms with Gasteiger partial charge in [-0.05, 0) is 44.4 Å². The summed E-state index contributed by atoms with van der Waals surface area (Å²) in [7, 11) is 1.79. The van der Waals surface area contributed by atoms with Crippen molar-refractivity contribution >= 4 is 23.5 Å². The van der Waals surface area contributed by atoms with Gasteiger partial charge in [-0.15, -0.1) is 5.10 Å². The molecule has 0 radical (unpaired) electrons. The first-order valence-electron chi connectivity index (χ1n) is 15.2. The smallest absolute Gasteiger partial charge is 0.418 e. The summed E-state index contributed by atoms with van der Waals surface area (Å²) in [5, 5.41) is 27.2. The second-order valence-electron chi connectivity index (χ2n) is 12.1. The molecular formula is C33H37ClF5N3O5. The minimum absolute atomic E-state index is 0.135. The standard InChI is InChI=1S/C33H37ClF5N3O5/c1-19-32(30(45)46,15-9-4-5-10-16-47-25-17-23(42(3)41-25)20-11-7-6-8-12-20)28(31(2,29(43)44)24(18-35)40-19)26-22(36)14-13-21(34)27(26)33(37,38)39/h6-8,11-14,17,19,24,28,40H,4-5,9-10,15-16,18H2,1-3H3,(H,43,44)(H,45,46). The minimum Gasteiger partial charge on any atom is -0.481 e. The van der Waals surface area contributed by atoms with E-state index in [1.807, 2.05) is 30.3 Å². The number of alkyl halides is 4. The number of piperidine rings is 1. The fraction of sp³-hybridized carbons (Fsp3) is 0.485. The van der Waals surface area contributed by atoms with Gasteiger partial charge in [0.05, 0.1) is 39.8 Å². The first-order valence-corrected chi connectivity index (χ1v) is 15.5. The average molecular weight is 686 g/mol. The van der Waals surface area contributed by atoms with Gasteiger partial charge in [0.1, 0.15) is 12.5 Å². The number of rotatable bonds is 13. The van der Waals surface area contributed by atoms with Crippen molar-refractivity contribution in [1.29, 1.82) is 0 Å². The molecule has 1 saturated heterocycles. The quantitative estimate of drug-likeness (QED) is 0.126. The average Bonchev–Trinajstić information content (AvgIpc) is 3.38. The molecule has 1 aliphatic rings. The molecule has 5 unspecified atom stereocenters. The second kappa shape index (κ2) is 14.2. The zero-order valence-corrected chi connectivity index (χ0v) is 26.8. The molecule has 0 aliphatic carbocycles. The third kappa shape index (κ3) is 6.83. The first-order chi connectivity index (χ1) is 22.1.